The van der Waals surface area contributed by atoms with Crippen LogP contribution in [0.4, 0.5) is 0 Å². The summed E-state index contributed by atoms with van der Waals surface area (Å²) < 4.78 is 0. The topological polar surface area (TPSA) is 67.5 Å². The average Bonchev–Trinajstić information content (AvgIpc) is 2.01. The Morgan fingerprint density at radius 2 is 2.33 bits per heavy atom. The van der Waals surface area contributed by atoms with Gasteiger partial charge in [-0.15, -0.1) is 0 Å². The summed E-state index contributed by atoms with van der Waals surface area (Å²) in [6, 6.07) is 0. The molecule has 1 aliphatic carbocycles. The Kier molecular flexibility index (Phi) is 3.16. The summed E-state index contributed by atoms with van der Waals surface area (Å²) >= 11 is 4.57. The van der Waals surface area contributed by atoms with E-state index in [0.29, 0.717) is 12.8 Å². The minimum Gasteiger partial charge on any atom is -0.375 e. The highest BCUT2D eigenvalue weighted by molar-refractivity contribution is 7.80. The maximum absolute atomic E-state index is 10.9. The van der Waals surface area contributed by atoms with Gasteiger partial charge >= 0.3 is 0 Å². The average molecular weight is 185 g/mol. The lowest BCUT2D eigenvalue weighted by Gasteiger charge is -2.10. The molecule has 0 amide bonds. The molecule has 0 aliphatic heterocycles. The van der Waals surface area contributed by atoms with Gasteiger partial charge in [-0.2, -0.15) is 5.10 Å². The minimum absolute atomic E-state index is 0.139. The van der Waals surface area contributed by atoms with Crippen molar-refractivity contribution in [2.45, 2.75) is 25.7 Å². The number of ketones is 1. The van der Waals surface area contributed by atoms with Gasteiger partial charge in [0.05, 0.1) is 0 Å². The molecule has 0 aromatic carbocycles. The van der Waals surface area contributed by atoms with Crippen molar-refractivity contribution in [2.75, 3.05) is 0 Å². The molecule has 0 bridgehead atoms. The molecule has 0 atom stereocenters. The fourth-order valence-electron chi connectivity index (χ4n) is 1.12. The molecule has 5 heteroatoms. The lowest BCUT2D eigenvalue weighted by atomic mass is 9.97. The molecule has 0 heterocycles. The Balaban J connectivity index is 2.45. The van der Waals surface area contributed by atoms with Gasteiger partial charge < -0.3 is 5.73 Å². The first-order valence-corrected chi connectivity index (χ1v) is 4.22. The van der Waals surface area contributed by atoms with Crippen molar-refractivity contribution in [2.24, 2.45) is 10.8 Å². The molecular weight excluding hydrogens is 174 g/mol. The summed E-state index contributed by atoms with van der Waals surface area (Å²) in [6.45, 7) is 0. The number of nitrogens with one attached hydrogen (secondary N) is 1. The summed E-state index contributed by atoms with van der Waals surface area (Å²) in [5.41, 5.74) is 8.50. The third kappa shape index (κ3) is 2.96. The SMILES string of the molecule is NC(=S)N/N=C1\CCCC(=O)C1. The molecule has 0 aromatic rings. The van der Waals surface area contributed by atoms with Crippen LogP contribution in [0, 0.1) is 0 Å². The van der Waals surface area contributed by atoms with E-state index in [1.54, 1.807) is 0 Å². The Morgan fingerprint density at radius 3 is 2.92 bits per heavy atom. The zero-order valence-electron chi connectivity index (χ0n) is 6.67. The zero-order chi connectivity index (χ0) is 8.97. The van der Waals surface area contributed by atoms with E-state index in [0.717, 1.165) is 18.6 Å². The highest BCUT2D eigenvalue weighted by Gasteiger charge is 2.13. The number of rotatable bonds is 1. The first-order chi connectivity index (χ1) is 5.68. The van der Waals surface area contributed by atoms with Crippen LogP contribution in [0.25, 0.3) is 0 Å². The van der Waals surface area contributed by atoms with E-state index in [9.17, 15) is 4.79 Å². The van der Waals surface area contributed by atoms with Crippen LogP contribution in [0.1, 0.15) is 25.7 Å². The number of hydrazone groups is 1. The van der Waals surface area contributed by atoms with Crippen molar-refractivity contribution in [1.82, 2.24) is 5.43 Å². The molecule has 0 saturated heterocycles. The zero-order valence-corrected chi connectivity index (χ0v) is 7.49. The van der Waals surface area contributed by atoms with E-state index >= 15 is 0 Å². The Hall–Kier alpha value is -0.970. The molecule has 1 rings (SSSR count). The van der Waals surface area contributed by atoms with Crippen LogP contribution >= 0.6 is 12.2 Å². The van der Waals surface area contributed by atoms with Crippen LogP contribution in [0.5, 0.6) is 0 Å². The van der Waals surface area contributed by atoms with Gasteiger partial charge in [0.1, 0.15) is 5.78 Å². The van der Waals surface area contributed by atoms with Gasteiger partial charge in [-0.1, -0.05) is 0 Å². The quantitative estimate of drug-likeness (QED) is 0.456. The predicted octanol–water partition coefficient (Wildman–Crippen LogP) is 0.319. The van der Waals surface area contributed by atoms with Gasteiger partial charge in [0.2, 0.25) is 0 Å². The second-order valence-corrected chi connectivity index (χ2v) is 3.16. The van der Waals surface area contributed by atoms with Gasteiger partial charge in [0, 0.05) is 18.6 Å². The molecule has 0 spiro atoms. The van der Waals surface area contributed by atoms with Crippen molar-refractivity contribution in [3.63, 3.8) is 0 Å². The minimum atomic E-state index is 0.139. The number of thiocarbonyl (C=S) groups is 1. The molecule has 66 valence electrons. The summed E-state index contributed by atoms with van der Waals surface area (Å²) in [6.07, 6.45) is 2.86. The van der Waals surface area contributed by atoms with Crippen LogP contribution < -0.4 is 11.2 Å². The van der Waals surface area contributed by atoms with Gasteiger partial charge in [-0.3, -0.25) is 10.2 Å². The number of Topliss-reactive ketones (excluding diaryl/α,β-unsaturated/α-hetero) is 1. The first-order valence-electron chi connectivity index (χ1n) is 3.81. The lowest BCUT2D eigenvalue weighted by molar-refractivity contribution is -0.118. The second-order valence-electron chi connectivity index (χ2n) is 2.72. The van der Waals surface area contributed by atoms with Crippen LogP contribution in [0.15, 0.2) is 5.10 Å². The third-order valence-corrected chi connectivity index (χ3v) is 1.74. The fraction of sp³-hybridized carbons (Fsp3) is 0.571. The summed E-state index contributed by atoms with van der Waals surface area (Å²) in [5, 5.41) is 4.05. The summed E-state index contributed by atoms with van der Waals surface area (Å²) in [5.74, 6) is 0.240. The molecule has 0 radical (unpaired) electrons. The van der Waals surface area contributed by atoms with E-state index in [1.807, 2.05) is 0 Å². The molecule has 1 fully saturated rings. The Morgan fingerprint density at radius 1 is 1.58 bits per heavy atom. The third-order valence-electron chi connectivity index (χ3n) is 1.65. The highest BCUT2D eigenvalue weighted by atomic mass is 32.1. The maximum atomic E-state index is 10.9. The summed E-state index contributed by atoms with van der Waals surface area (Å²) in [7, 11) is 0. The number of hydrogen-bond donors (Lipinski definition) is 2. The van der Waals surface area contributed by atoms with Gasteiger partial charge in [0.15, 0.2) is 5.11 Å². The molecule has 12 heavy (non-hydrogen) atoms. The van der Waals surface area contributed by atoms with Crippen LogP contribution in [-0.2, 0) is 4.79 Å². The molecule has 0 unspecified atom stereocenters. The predicted molar refractivity (Wildman–Crippen MR) is 50.8 cm³/mol. The van der Waals surface area contributed by atoms with Crippen LogP contribution in [0.2, 0.25) is 0 Å². The number of carbonyl (C=O) groups is 1. The lowest BCUT2D eigenvalue weighted by Crippen LogP contribution is -2.27. The first kappa shape index (κ1) is 9.12. The van der Waals surface area contributed by atoms with Crippen LogP contribution in [-0.4, -0.2) is 16.6 Å². The van der Waals surface area contributed by atoms with E-state index in [-0.39, 0.29) is 10.9 Å². The molecule has 1 aliphatic rings. The van der Waals surface area contributed by atoms with Crippen molar-refractivity contribution in [3.8, 4) is 0 Å². The van der Waals surface area contributed by atoms with Crippen molar-refractivity contribution in [1.29, 1.82) is 0 Å². The highest BCUT2D eigenvalue weighted by Crippen LogP contribution is 2.10. The second kappa shape index (κ2) is 4.15. The van der Waals surface area contributed by atoms with Crippen molar-refractivity contribution >= 4 is 28.8 Å². The fourth-order valence-corrected chi connectivity index (χ4v) is 1.17. The van der Waals surface area contributed by atoms with E-state index in [1.165, 1.54) is 0 Å². The standard InChI is InChI=1S/C7H11N3OS/c8-7(12)10-9-5-2-1-3-6(11)4-5/h1-4H2,(H3,8,10,12)/b9-5+. The van der Waals surface area contributed by atoms with Crippen molar-refractivity contribution < 1.29 is 4.79 Å². The molecule has 0 aromatic heterocycles. The normalized spacial score (nSPS) is 21.0. The molecule has 1 saturated carbocycles. The van der Waals surface area contributed by atoms with Gasteiger partial charge in [0.25, 0.3) is 0 Å². The maximum Gasteiger partial charge on any atom is 0.184 e. The number of carbonyl (C=O) groups excluding carboxylic acids is 1. The van der Waals surface area contributed by atoms with Crippen molar-refractivity contribution in [3.05, 3.63) is 0 Å². The molecule has 4 nitrogen and oxygen atoms in total. The monoisotopic (exact) mass is 185 g/mol. The van der Waals surface area contributed by atoms with E-state index < -0.39 is 0 Å². The Bertz CT molecular complexity index is 237. The number of nitrogens with zero attached hydrogens (tertiary/aromatic N) is 1. The van der Waals surface area contributed by atoms with E-state index in [2.05, 4.69) is 22.7 Å². The number of nitrogens with two attached hydrogens (primary N) is 1. The smallest absolute Gasteiger partial charge is 0.184 e. The van der Waals surface area contributed by atoms with Crippen LogP contribution in [0.3, 0.4) is 0 Å². The Labute approximate surface area is 76.2 Å². The largest absolute Gasteiger partial charge is 0.375 e. The summed E-state index contributed by atoms with van der Waals surface area (Å²) in [4.78, 5) is 10.9. The number of hydrogen-bond acceptors (Lipinski definition) is 3. The molecule has 3 N–H and O–H groups in total. The molecular formula is C7H11N3OS. The van der Waals surface area contributed by atoms with Gasteiger partial charge in [-0.25, -0.2) is 0 Å². The van der Waals surface area contributed by atoms with E-state index in [4.69, 9.17) is 5.73 Å². The van der Waals surface area contributed by atoms with Gasteiger partial charge in [-0.05, 0) is 25.1 Å².